The second-order valence-corrected chi connectivity index (χ2v) is 7.18. The fourth-order valence-electron chi connectivity index (χ4n) is 1.46. The Kier molecular flexibility index (Phi) is 6.77. The van der Waals surface area contributed by atoms with E-state index in [1.807, 2.05) is 0 Å². The Morgan fingerprint density at radius 3 is 2.24 bits per heavy atom. The number of hydrogen-bond donors (Lipinski definition) is 1. The molecule has 0 bridgehead atoms. The average molecular weight is 383 g/mol. The van der Waals surface area contributed by atoms with Crippen LogP contribution in [0.5, 0.6) is 5.75 Å². The van der Waals surface area contributed by atoms with Crippen LogP contribution >= 0.6 is 34.8 Å². The summed E-state index contributed by atoms with van der Waals surface area (Å²) in [5, 5.41) is -0.461. The van der Waals surface area contributed by atoms with Gasteiger partial charge in [0, 0.05) is 5.88 Å². The van der Waals surface area contributed by atoms with Gasteiger partial charge in [-0.25, -0.2) is 8.42 Å². The Bertz CT molecular complexity index is 575. The van der Waals surface area contributed by atoms with E-state index < -0.39 is 22.4 Å². The minimum absolute atomic E-state index is 0.0494. The zero-order valence-corrected chi connectivity index (χ0v) is 13.8. The first-order chi connectivity index (χ1) is 9.64. The lowest BCUT2D eigenvalue weighted by molar-refractivity contribution is -0.0497. The Balaban J connectivity index is 2.96. The van der Waals surface area contributed by atoms with E-state index in [1.165, 1.54) is 0 Å². The third kappa shape index (κ3) is 6.02. The molecule has 0 aliphatic rings. The highest BCUT2D eigenvalue weighted by atomic mass is 35.5. The van der Waals surface area contributed by atoms with Crippen LogP contribution in [0, 0.1) is 5.92 Å². The van der Waals surface area contributed by atoms with Crippen molar-refractivity contribution in [3.05, 3.63) is 22.2 Å². The normalized spacial score (nSPS) is 13.3. The summed E-state index contributed by atoms with van der Waals surface area (Å²) in [4.78, 5) is 0. The Morgan fingerprint density at radius 1 is 1.29 bits per heavy atom. The number of anilines is 1. The number of hydrogen-bond acceptors (Lipinski definition) is 3. The van der Waals surface area contributed by atoms with Crippen LogP contribution in [0.15, 0.2) is 12.1 Å². The van der Waals surface area contributed by atoms with E-state index in [0.29, 0.717) is 0 Å². The van der Waals surface area contributed by atoms with Gasteiger partial charge in [-0.2, -0.15) is 8.78 Å². The predicted molar refractivity (Wildman–Crippen MR) is 80.4 cm³/mol. The molecule has 0 aliphatic carbocycles. The summed E-state index contributed by atoms with van der Waals surface area (Å²) < 4.78 is 54.4. The zero-order chi connectivity index (χ0) is 16.2. The smallest absolute Gasteiger partial charge is 0.387 e. The fraction of sp³-hybridized carbons (Fsp3) is 0.455. The SMILES string of the molecule is CC(CCl)CS(=O)(=O)Nc1cc(Cl)c(OC(F)F)c(Cl)c1. The first kappa shape index (κ1) is 18.5. The van der Waals surface area contributed by atoms with Gasteiger partial charge in [0.1, 0.15) is 0 Å². The summed E-state index contributed by atoms with van der Waals surface area (Å²) in [5.74, 6) is -0.674. The Hall–Kier alpha value is -0.500. The molecule has 0 spiro atoms. The van der Waals surface area contributed by atoms with Crippen LogP contribution in [-0.4, -0.2) is 26.7 Å². The van der Waals surface area contributed by atoms with Gasteiger partial charge in [0.25, 0.3) is 0 Å². The van der Waals surface area contributed by atoms with Crippen LogP contribution in [0.2, 0.25) is 10.0 Å². The number of halogens is 5. The number of ether oxygens (including phenoxy) is 1. The van der Waals surface area contributed by atoms with E-state index in [2.05, 4.69) is 9.46 Å². The minimum Gasteiger partial charge on any atom is -0.432 e. The van der Waals surface area contributed by atoms with Crippen molar-refractivity contribution in [1.82, 2.24) is 0 Å². The molecule has 4 nitrogen and oxygen atoms in total. The summed E-state index contributed by atoms with van der Waals surface area (Å²) in [7, 11) is -3.66. The van der Waals surface area contributed by atoms with E-state index in [9.17, 15) is 17.2 Å². The molecule has 0 aromatic heterocycles. The molecule has 1 aromatic rings. The van der Waals surface area contributed by atoms with Crippen LogP contribution in [0.25, 0.3) is 0 Å². The molecule has 21 heavy (non-hydrogen) atoms. The van der Waals surface area contributed by atoms with Crippen molar-refractivity contribution in [3.8, 4) is 5.75 Å². The molecule has 1 unspecified atom stereocenters. The quantitative estimate of drug-likeness (QED) is 0.719. The van der Waals surface area contributed by atoms with Crippen LogP contribution in [0.1, 0.15) is 6.92 Å². The number of rotatable bonds is 7. The van der Waals surface area contributed by atoms with Gasteiger partial charge in [0.15, 0.2) is 5.75 Å². The molecule has 0 saturated heterocycles. The maximum absolute atomic E-state index is 12.2. The molecule has 120 valence electrons. The maximum Gasteiger partial charge on any atom is 0.387 e. The molecule has 1 atom stereocenters. The van der Waals surface area contributed by atoms with Crippen molar-refractivity contribution in [2.45, 2.75) is 13.5 Å². The van der Waals surface area contributed by atoms with Gasteiger partial charge in [0.05, 0.1) is 21.5 Å². The molecule has 1 N–H and O–H groups in total. The lowest BCUT2D eigenvalue weighted by Gasteiger charge is -2.14. The van der Waals surface area contributed by atoms with E-state index in [-0.39, 0.29) is 33.3 Å². The lowest BCUT2D eigenvalue weighted by atomic mass is 10.3. The largest absolute Gasteiger partial charge is 0.432 e. The number of benzene rings is 1. The molecule has 0 aliphatic heterocycles. The molecular formula is C11H12Cl3F2NO3S. The second-order valence-electron chi connectivity index (χ2n) is 4.29. The Morgan fingerprint density at radius 2 is 1.81 bits per heavy atom. The molecule has 1 rings (SSSR count). The topological polar surface area (TPSA) is 55.4 Å². The highest BCUT2D eigenvalue weighted by molar-refractivity contribution is 7.92. The van der Waals surface area contributed by atoms with Gasteiger partial charge in [-0.05, 0) is 18.1 Å². The van der Waals surface area contributed by atoms with Gasteiger partial charge < -0.3 is 4.74 Å². The van der Waals surface area contributed by atoms with Gasteiger partial charge in [-0.3, -0.25) is 4.72 Å². The van der Waals surface area contributed by atoms with E-state index >= 15 is 0 Å². The van der Waals surface area contributed by atoms with Crippen molar-refractivity contribution in [2.75, 3.05) is 16.4 Å². The standard InChI is InChI=1S/C11H12Cl3F2NO3S/c1-6(4-12)5-21(18,19)17-7-2-8(13)10(9(14)3-7)20-11(15)16/h2-3,6,11,17H,4-5H2,1H3. The summed E-state index contributed by atoms with van der Waals surface area (Å²) in [6, 6.07) is 2.27. The average Bonchev–Trinajstić information content (AvgIpc) is 2.32. The molecule has 0 heterocycles. The minimum atomic E-state index is -3.66. The molecule has 0 saturated carbocycles. The van der Waals surface area contributed by atoms with Gasteiger partial charge in [-0.1, -0.05) is 30.1 Å². The van der Waals surface area contributed by atoms with E-state index in [1.54, 1.807) is 6.92 Å². The van der Waals surface area contributed by atoms with Crippen molar-refractivity contribution >= 4 is 50.5 Å². The second kappa shape index (κ2) is 7.67. The number of alkyl halides is 3. The third-order valence-corrected chi connectivity index (χ3v) is 4.89. The van der Waals surface area contributed by atoms with Crippen molar-refractivity contribution in [2.24, 2.45) is 5.92 Å². The third-order valence-electron chi connectivity index (χ3n) is 2.25. The highest BCUT2D eigenvalue weighted by Gasteiger charge is 2.18. The summed E-state index contributed by atoms with van der Waals surface area (Å²) in [5.41, 5.74) is 0.0494. The summed E-state index contributed by atoms with van der Waals surface area (Å²) >= 11 is 17.0. The van der Waals surface area contributed by atoms with Crippen LogP contribution in [0.3, 0.4) is 0 Å². The van der Waals surface area contributed by atoms with Crippen LogP contribution in [0.4, 0.5) is 14.5 Å². The van der Waals surface area contributed by atoms with Crippen molar-refractivity contribution in [3.63, 3.8) is 0 Å². The highest BCUT2D eigenvalue weighted by Crippen LogP contribution is 2.37. The zero-order valence-electron chi connectivity index (χ0n) is 10.7. The number of sulfonamides is 1. The monoisotopic (exact) mass is 381 g/mol. The molecule has 10 heteroatoms. The lowest BCUT2D eigenvalue weighted by Crippen LogP contribution is -2.22. The maximum atomic E-state index is 12.2. The summed E-state index contributed by atoms with van der Waals surface area (Å²) in [6.45, 7) is -1.42. The van der Waals surface area contributed by atoms with Gasteiger partial charge in [0.2, 0.25) is 10.0 Å². The fourth-order valence-corrected chi connectivity index (χ4v) is 3.70. The first-order valence-corrected chi connectivity index (χ1v) is 8.59. The van der Waals surface area contributed by atoms with Crippen LogP contribution in [-0.2, 0) is 10.0 Å². The van der Waals surface area contributed by atoms with Gasteiger partial charge in [-0.15, -0.1) is 11.6 Å². The molecule has 0 radical (unpaired) electrons. The first-order valence-electron chi connectivity index (χ1n) is 5.65. The molecular weight excluding hydrogens is 371 g/mol. The molecule has 1 aromatic carbocycles. The summed E-state index contributed by atoms with van der Waals surface area (Å²) in [6.07, 6.45) is 0. The Labute approximate surface area is 136 Å². The molecule has 0 fully saturated rings. The van der Waals surface area contributed by atoms with E-state index in [4.69, 9.17) is 34.8 Å². The van der Waals surface area contributed by atoms with Gasteiger partial charge >= 0.3 is 6.61 Å². The molecule has 0 amide bonds. The van der Waals surface area contributed by atoms with E-state index in [0.717, 1.165) is 12.1 Å². The predicted octanol–water partition coefficient (Wildman–Crippen LogP) is 4.21. The van der Waals surface area contributed by atoms with Crippen molar-refractivity contribution < 1.29 is 21.9 Å². The number of nitrogens with one attached hydrogen (secondary N) is 1. The van der Waals surface area contributed by atoms with Crippen LogP contribution < -0.4 is 9.46 Å². The van der Waals surface area contributed by atoms with Crippen molar-refractivity contribution in [1.29, 1.82) is 0 Å².